The molecule has 0 fully saturated rings. The largest absolute Gasteiger partial charge is 0.385 e. The van der Waals surface area contributed by atoms with Crippen molar-refractivity contribution in [1.29, 1.82) is 0 Å². The van der Waals surface area contributed by atoms with E-state index in [1.165, 1.54) is 0 Å². The molecule has 0 unspecified atom stereocenters. The normalized spacial score (nSPS) is 12.9. The van der Waals surface area contributed by atoms with Crippen LogP contribution in [0, 0.1) is 0 Å². The van der Waals surface area contributed by atoms with Crippen molar-refractivity contribution < 1.29 is 20.4 Å². The maximum absolute atomic E-state index is 9.61. The van der Waals surface area contributed by atoms with E-state index in [1.54, 1.807) is 52.0 Å². The van der Waals surface area contributed by atoms with Gasteiger partial charge < -0.3 is 38.7 Å². The molecule has 0 saturated heterocycles. The molecule has 0 amide bonds. The number of aromatic nitrogens is 8. The van der Waals surface area contributed by atoms with Crippen LogP contribution in [0.2, 0.25) is 0 Å². The highest BCUT2D eigenvalue weighted by Gasteiger charge is 2.16. The van der Waals surface area contributed by atoms with Crippen molar-refractivity contribution in [2.45, 2.75) is 78.3 Å². The minimum atomic E-state index is -0.558. The first-order valence-corrected chi connectivity index (χ1v) is 19.9. The van der Waals surface area contributed by atoms with Crippen LogP contribution < -0.4 is 0 Å². The first-order chi connectivity index (χ1) is 28.9. The molecule has 0 radical (unpaired) electrons. The Labute approximate surface area is 351 Å². The minimum absolute atomic E-state index is 0.558. The Hall–Kier alpha value is -6.44. The highest BCUT2D eigenvalue weighted by Crippen LogP contribution is 2.24. The van der Waals surface area contributed by atoms with E-state index in [0.717, 1.165) is 44.1 Å². The number of imidazole rings is 4. The van der Waals surface area contributed by atoms with Crippen molar-refractivity contribution in [2.75, 3.05) is 0 Å². The van der Waals surface area contributed by atoms with Crippen LogP contribution in [-0.2, 0) is 26.2 Å². The van der Waals surface area contributed by atoms with Crippen LogP contribution >= 0.6 is 0 Å². The molecule has 4 N–H and O–H groups in total. The van der Waals surface area contributed by atoms with Gasteiger partial charge in [-0.3, -0.25) is 0 Å². The van der Waals surface area contributed by atoms with Gasteiger partial charge in [-0.15, -0.1) is 26.3 Å². The number of hydrogen-bond donors (Lipinski definition) is 4. The van der Waals surface area contributed by atoms with Crippen molar-refractivity contribution >= 4 is 44.1 Å². The fourth-order valence-corrected chi connectivity index (χ4v) is 6.94. The van der Waals surface area contributed by atoms with Crippen molar-refractivity contribution in [2.24, 2.45) is 0 Å². The smallest absolute Gasteiger partial charge is 0.138 e. The van der Waals surface area contributed by atoms with Crippen LogP contribution in [0.5, 0.6) is 0 Å². The SMILES string of the molecule is C=CCn1c([C@@H](C)O)nc2ccccc21.C=CCn1c([C@@H](C)O)nc2ccccc21.C=CCn1c([C@@H](C)O)nc2ccccc21.C=CCn1c([C@@H](C)O)nc2ccccc21. The Balaban J connectivity index is 0.000000152. The molecule has 0 spiro atoms. The number of para-hydroxylation sites is 8. The summed E-state index contributed by atoms with van der Waals surface area (Å²) in [7, 11) is 0. The molecule has 4 heterocycles. The van der Waals surface area contributed by atoms with Gasteiger partial charge in [0.1, 0.15) is 47.7 Å². The van der Waals surface area contributed by atoms with Gasteiger partial charge in [0.2, 0.25) is 0 Å². The number of fused-ring (bicyclic) bond motifs is 4. The fourth-order valence-electron chi connectivity index (χ4n) is 6.94. The molecular formula is C48H56N8O4. The summed E-state index contributed by atoms with van der Waals surface area (Å²) in [6.07, 6.45) is 4.99. The third-order valence-electron chi connectivity index (χ3n) is 9.48. The van der Waals surface area contributed by atoms with Crippen LogP contribution in [-0.4, -0.2) is 58.6 Å². The number of aliphatic hydroxyl groups is 4. The van der Waals surface area contributed by atoms with Crippen LogP contribution in [0.15, 0.2) is 148 Å². The average Bonchev–Trinajstić information content (AvgIpc) is 4.01. The van der Waals surface area contributed by atoms with Crippen molar-refractivity contribution in [3.05, 3.63) is 171 Å². The minimum Gasteiger partial charge on any atom is -0.385 e. The summed E-state index contributed by atoms with van der Waals surface area (Å²) in [5.74, 6) is 2.76. The Kier molecular flexibility index (Phi) is 15.6. The van der Waals surface area contributed by atoms with Gasteiger partial charge in [-0.2, -0.15) is 0 Å². The van der Waals surface area contributed by atoms with Crippen LogP contribution in [0.4, 0.5) is 0 Å². The standard InChI is InChI=1S/4C12H14N2O/c4*1-3-8-14-11-7-5-4-6-10(11)13-12(14)9(2)15/h4*3-7,9,15H,1,8H2,2H3/t4*9-/m1111/s1. The molecule has 0 bridgehead atoms. The van der Waals surface area contributed by atoms with Gasteiger partial charge in [-0.25, -0.2) is 19.9 Å². The zero-order valence-corrected chi connectivity index (χ0v) is 34.9. The molecule has 8 rings (SSSR count). The third kappa shape index (κ3) is 10.2. The Morgan fingerprint density at radius 3 is 0.733 bits per heavy atom. The number of nitrogens with zero attached hydrogens (tertiary/aromatic N) is 8. The average molecular weight is 809 g/mol. The first kappa shape index (κ1) is 44.7. The topological polar surface area (TPSA) is 152 Å². The Morgan fingerprint density at radius 1 is 0.383 bits per heavy atom. The van der Waals surface area contributed by atoms with Crippen molar-refractivity contribution in [1.82, 2.24) is 38.2 Å². The molecule has 0 aliphatic carbocycles. The van der Waals surface area contributed by atoms with Crippen molar-refractivity contribution in [3.63, 3.8) is 0 Å². The lowest BCUT2D eigenvalue weighted by Gasteiger charge is -2.07. The van der Waals surface area contributed by atoms with Gasteiger partial charge in [-0.1, -0.05) is 72.8 Å². The van der Waals surface area contributed by atoms with Crippen LogP contribution in [0.3, 0.4) is 0 Å². The molecular weight excluding hydrogens is 753 g/mol. The predicted octanol–water partition coefficient (Wildman–Crippen LogP) is 9.10. The van der Waals surface area contributed by atoms with E-state index < -0.39 is 24.4 Å². The fraction of sp³-hybridized carbons (Fsp3) is 0.250. The van der Waals surface area contributed by atoms with E-state index in [9.17, 15) is 20.4 Å². The molecule has 4 aromatic carbocycles. The van der Waals surface area contributed by atoms with E-state index in [4.69, 9.17) is 0 Å². The monoisotopic (exact) mass is 808 g/mol. The second-order valence-electron chi connectivity index (χ2n) is 14.1. The molecule has 0 saturated carbocycles. The molecule has 60 heavy (non-hydrogen) atoms. The van der Waals surface area contributed by atoms with Gasteiger partial charge in [0, 0.05) is 26.2 Å². The number of hydrogen-bond acceptors (Lipinski definition) is 8. The lowest BCUT2D eigenvalue weighted by Crippen LogP contribution is -2.05. The van der Waals surface area contributed by atoms with Gasteiger partial charge in [0.15, 0.2) is 0 Å². The van der Waals surface area contributed by atoms with Gasteiger partial charge >= 0.3 is 0 Å². The highest BCUT2D eigenvalue weighted by atomic mass is 16.3. The summed E-state index contributed by atoms with van der Waals surface area (Å²) in [5.41, 5.74) is 7.79. The molecule has 0 aliphatic rings. The second kappa shape index (κ2) is 21.0. The molecule has 312 valence electrons. The van der Waals surface area contributed by atoms with E-state index in [1.807, 2.05) is 115 Å². The molecule has 4 atom stereocenters. The van der Waals surface area contributed by atoms with Gasteiger partial charge in [0.25, 0.3) is 0 Å². The number of allylic oxidation sites excluding steroid dienone is 4. The number of benzene rings is 4. The van der Waals surface area contributed by atoms with Gasteiger partial charge in [0.05, 0.1) is 44.1 Å². The molecule has 0 aliphatic heterocycles. The Bertz CT molecular complexity index is 2310. The quantitative estimate of drug-likeness (QED) is 0.0893. The molecule has 4 aromatic heterocycles. The summed E-state index contributed by atoms with van der Waals surface area (Å²) in [6, 6.07) is 31.4. The third-order valence-corrected chi connectivity index (χ3v) is 9.48. The van der Waals surface area contributed by atoms with Gasteiger partial charge in [-0.05, 0) is 76.2 Å². The van der Waals surface area contributed by atoms with Crippen LogP contribution in [0.25, 0.3) is 44.1 Å². The van der Waals surface area contributed by atoms with Crippen molar-refractivity contribution in [3.8, 4) is 0 Å². The lowest BCUT2D eigenvalue weighted by atomic mass is 10.3. The van der Waals surface area contributed by atoms with E-state index in [2.05, 4.69) is 46.3 Å². The summed E-state index contributed by atoms with van der Waals surface area (Å²) >= 11 is 0. The summed E-state index contributed by atoms with van der Waals surface area (Å²) in [4.78, 5) is 17.6. The predicted molar refractivity (Wildman–Crippen MR) is 242 cm³/mol. The zero-order chi connectivity index (χ0) is 43.3. The maximum Gasteiger partial charge on any atom is 0.138 e. The van der Waals surface area contributed by atoms with Crippen LogP contribution in [0.1, 0.15) is 75.4 Å². The number of aliphatic hydroxyl groups excluding tert-OH is 4. The lowest BCUT2D eigenvalue weighted by molar-refractivity contribution is 0.185. The first-order valence-electron chi connectivity index (χ1n) is 19.9. The number of rotatable bonds is 12. The molecule has 12 nitrogen and oxygen atoms in total. The van der Waals surface area contributed by atoms with E-state index >= 15 is 0 Å². The highest BCUT2D eigenvalue weighted by molar-refractivity contribution is 5.78. The van der Waals surface area contributed by atoms with E-state index in [-0.39, 0.29) is 0 Å². The summed E-state index contributed by atoms with van der Waals surface area (Å²) in [5, 5.41) is 38.5. The Morgan fingerprint density at radius 2 is 0.567 bits per heavy atom. The maximum atomic E-state index is 9.61. The second-order valence-corrected chi connectivity index (χ2v) is 14.1. The van der Waals surface area contributed by atoms with E-state index in [0.29, 0.717) is 49.5 Å². The summed E-state index contributed by atoms with van der Waals surface area (Å²) < 4.78 is 7.92. The summed E-state index contributed by atoms with van der Waals surface area (Å²) in [6.45, 7) is 24.4. The molecule has 8 aromatic rings. The zero-order valence-electron chi connectivity index (χ0n) is 34.9. The molecule has 12 heteroatoms.